The summed E-state index contributed by atoms with van der Waals surface area (Å²) in [5, 5.41) is 1.93. The molecule has 0 radical (unpaired) electrons. The van der Waals surface area contributed by atoms with Gasteiger partial charge in [0.2, 0.25) is 5.95 Å². The van der Waals surface area contributed by atoms with Gasteiger partial charge in [0.05, 0.1) is 10.6 Å². The summed E-state index contributed by atoms with van der Waals surface area (Å²) in [5.74, 6) is 1.00. The Balaban J connectivity index is 1.44. The number of rotatable bonds is 4. The van der Waals surface area contributed by atoms with Gasteiger partial charge in [-0.15, -0.1) is 0 Å². The van der Waals surface area contributed by atoms with Gasteiger partial charge < -0.3 is 9.80 Å². The van der Waals surface area contributed by atoms with Gasteiger partial charge in [-0.3, -0.25) is 14.9 Å². The number of thioether (sulfide) groups is 1. The first kappa shape index (κ1) is 17.5. The first-order chi connectivity index (χ1) is 12.7. The number of hydrogen-bond acceptors (Lipinski definition) is 7. The van der Waals surface area contributed by atoms with Crippen LogP contribution in [0.15, 0.2) is 17.2 Å². The van der Waals surface area contributed by atoms with Crippen LogP contribution in [-0.2, 0) is 4.79 Å². The molecule has 0 spiro atoms. The van der Waals surface area contributed by atoms with Gasteiger partial charge >= 0.3 is 0 Å². The van der Waals surface area contributed by atoms with Crippen LogP contribution in [0.3, 0.4) is 0 Å². The second-order valence-electron chi connectivity index (χ2n) is 7.10. The van der Waals surface area contributed by atoms with Crippen LogP contribution in [0.1, 0.15) is 31.4 Å². The van der Waals surface area contributed by atoms with Crippen LogP contribution in [0, 0.1) is 5.92 Å². The lowest BCUT2D eigenvalue weighted by Crippen LogP contribution is -2.41. The molecular formula is C18H23N5O2S. The highest BCUT2D eigenvalue weighted by Gasteiger charge is 2.26. The van der Waals surface area contributed by atoms with Gasteiger partial charge in [0, 0.05) is 25.8 Å². The average Bonchev–Trinajstić information content (AvgIpc) is 3.25. The van der Waals surface area contributed by atoms with E-state index in [1.165, 1.54) is 38.9 Å². The third kappa shape index (κ3) is 4.07. The van der Waals surface area contributed by atoms with E-state index in [4.69, 9.17) is 0 Å². The predicted molar refractivity (Wildman–Crippen MR) is 102 cm³/mol. The van der Waals surface area contributed by atoms with Crippen molar-refractivity contribution in [2.75, 3.05) is 37.6 Å². The molecule has 0 aliphatic carbocycles. The molecule has 1 atom stereocenters. The first-order valence-corrected chi connectivity index (χ1v) is 10.0. The minimum atomic E-state index is -0.358. The number of carbonyl (C=O) groups excluding carboxylic acids is 2. The zero-order valence-electron chi connectivity index (χ0n) is 14.7. The van der Waals surface area contributed by atoms with Crippen LogP contribution in [-0.4, -0.2) is 58.7 Å². The number of likely N-dealkylation sites (tertiary alicyclic amines) is 1. The molecular weight excluding hydrogens is 350 g/mol. The third-order valence-corrected chi connectivity index (χ3v) is 5.91. The lowest BCUT2D eigenvalue weighted by molar-refractivity contribution is -0.115. The Bertz CT molecular complexity index is 732. The Hall–Kier alpha value is -1.93. The van der Waals surface area contributed by atoms with Crippen LogP contribution >= 0.6 is 11.8 Å². The summed E-state index contributed by atoms with van der Waals surface area (Å²) in [6.45, 7) is 5.57. The van der Waals surface area contributed by atoms with E-state index in [1.54, 1.807) is 18.3 Å². The predicted octanol–water partition coefficient (Wildman–Crippen LogP) is 2.11. The maximum Gasteiger partial charge on any atom is 0.290 e. The number of amides is 2. The van der Waals surface area contributed by atoms with E-state index in [-0.39, 0.29) is 11.1 Å². The molecule has 3 fully saturated rings. The number of hydrogen-bond donors (Lipinski definition) is 1. The summed E-state index contributed by atoms with van der Waals surface area (Å²) >= 11 is 0.910. The lowest BCUT2D eigenvalue weighted by atomic mass is 9.98. The first-order valence-electron chi connectivity index (χ1n) is 9.22. The summed E-state index contributed by atoms with van der Waals surface area (Å²) in [7, 11) is 0. The van der Waals surface area contributed by atoms with E-state index >= 15 is 0 Å². The molecule has 0 saturated carbocycles. The van der Waals surface area contributed by atoms with Gasteiger partial charge in [-0.2, -0.15) is 0 Å². The number of nitrogens with one attached hydrogen (secondary N) is 1. The second-order valence-corrected chi connectivity index (χ2v) is 8.11. The fraction of sp³-hybridized carbons (Fsp3) is 0.556. The molecule has 1 N–H and O–H groups in total. The number of anilines is 1. The summed E-state index contributed by atoms with van der Waals surface area (Å²) in [4.78, 5) is 37.2. The SMILES string of the molecule is O=C1NC(=O)C(=Cc2ccnc(N3CCCC(CN4CCCC4)C3)n2)S1. The maximum atomic E-state index is 11.7. The molecule has 0 aromatic carbocycles. The van der Waals surface area contributed by atoms with Crippen molar-refractivity contribution < 1.29 is 9.59 Å². The van der Waals surface area contributed by atoms with Gasteiger partial charge in [-0.1, -0.05) is 0 Å². The van der Waals surface area contributed by atoms with Crippen molar-refractivity contribution in [1.29, 1.82) is 0 Å². The van der Waals surface area contributed by atoms with Crippen molar-refractivity contribution in [2.24, 2.45) is 5.92 Å². The maximum absolute atomic E-state index is 11.7. The standard InChI is InChI=1S/C18H23N5O2S/c24-16-15(26-18(25)21-16)10-14-5-6-19-17(20-14)23-9-3-4-13(12-23)11-22-7-1-2-8-22/h5-6,10,13H,1-4,7-9,11-12H2,(H,21,24,25). The van der Waals surface area contributed by atoms with Crippen LogP contribution < -0.4 is 10.2 Å². The monoisotopic (exact) mass is 373 g/mol. The molecule has 7 nitrogen and oxygen atoms in total. The molecule has 1 unspecified atom stereocenters. The van der Waals surface area contributed by atoms with Crippen molar-refractivity contribution in [2.45, 2.75) is 25.7 Å². The fourth-order valence-corrected chi connectivity index (χ4v) is 4.54. The molecule has 138 valence electrons. The Morgan fingerprint density at radius 2 is 2.08 bits per heavy atom. The molecule has 4 rings (SSSR count). The van der Waals surface area contributed by atoms with Gasteiger partial charge in [-0.25, -0.2) is 9.97 Å². The number of piperidine rings is 1. The summed E-state index contributed by atoms with van der Waals surface area (Å²) in [6.07, 6.45) is 8.43. The summed E-state index contributed by atoms with van der Waals surface area (Å²) in [5.41, 5.74) is 0.656. The van der Waals surface area contributed by atoms with Gasteiger partial charge in [0.25, 0.3) is 11.1 Å². The van der Waals surface area contributed by atoms with Crippen LogP contribution in [0.25, 0.3) is 6.08 Å². The van der Waals surface area contributed by atoms with Crippen molar-refractivity contribution >= 4 is 34.9 Å². The lowest BCUT2D eigenvalue weighted by Gasteiger charge is -2.34. The third-order valence-electron chi connectivity index (χ3n) is 5.10. The average molecular weight is 373 g/mol. The summed E-state index contributed by atoms with van der Waals surface area (Å²) in [6, 6.07) is 1.76. The minimum Gasteiger partial charge on any atom is -0.340 e. The second kappa shape index (κ2) is 7.75. The largest absolute Gasteiger partial charge is 0.340 e. The molecule has 3 saturated heterocycles. The molecule has 4 heterocycles. The van der Waals surface area contributed by atoms with E-state index in [9.17, 15) is 9.59 Å². The number of nitrogens with zero attached hydrogens (tertiary/aromatic N) is 4. The van der Waals surface area contributed by atoms with Crippen molar-refractivity contribution in [3.05, 3.63) is 22.9 Å². The van der Waals surface area contributed by atoms with Crippen LogP contribution in [0.4, 0.5) is 10.7 Å². The Morgan fingerprint density at radius 1 is 1.23 bits per heavy atom. The Labute approximate surface area is 157 Å². The molecule has 2 amide bonds. The molecule has 26 heavy (non-hydrogen) atoms. The summed E-state index contributed by atoms with van der Waals surface area (Å²) < 4.78 is 0. The quantitative estimate of drug-likeness (QED) is 0.810. The number of aromatic nitrogens is 2. The Morgan fingerprint density at radius 3 is 2.85 bits per heavy atom. The van der Waals surface area contributed by atoms with E-state index < -0.39 is 0 Å². The molecule has 0 bridgehead atoms. The topological polar surface area (TPSA) is 78.4 Å². The smallest absolute Gasteiger partial charge is 0.290 e. The molecule has 3 aliphatic heterocycles. The zero-order chi connectivity index (χ0) is 17.9. The van der Waals surface area contributed by atoms with Crippen LogP contribution in [0.2, 0.25) is 0 Å². The van der Waals surface area contributed by atoms with E-state index in [2.05, 4.69) is 25.1 Å². The Kier molecular flexibility index (Phi) is 5.21. The highest BCUT2D eigenvalue weighted by atomic mass is 32.2. The van der Waals surface area contributed by atoms with Crippen molar-refractivity contribution in [1.82, 2.24) is 20.2 Å². The normalized spacial score (nSPS) is 25.9. The number of imide groups is 1. The van der Waals surface area contributed by atoms with Gasteiger partial charge in [0.15, 0.2) is 0 Å². The number of carbonyl (C=O) groups is 2. The van der Waals surface area contributed by atoms with Gasteiger partial charge in [-0.05, 0) is 68.6 Å². The zero-order valence-corrected chi connectivity index (χ0v) is 15.5. The highest BCUT2D eigenvalue weighted by molar-refractivity contribution is 8.18. The minimum absolute atomic E-state index is 0.337. The fourth-order valence-electron chi connectivity index (χ4n) is 3.88. The molecule has 8 heteroatoms. The van der Waals surface area contributed by atoms with E-state index in [0.29, 0.717) is 22.5 Å². The molecule has 1 aromatic heterocycles. The van der Waals surface area contributed by atoms with Gasteiger partial charge in [0.1, 0.15) is 0 Å². The van der Waals surface area contributed by atoms with E-state index in [0.717, 1.165) is 31.3 Å². The molecule has 1 aromatic rings. The van der Waals surface area contributed by atoms with Crippen LogP contribution in [0.5, 0.6) is 0 Å². The van der Waals surface area contributed by atoms with E-state index in [1.807, 2.05) is 0 Å². The van der Waals surface area contributed by atoms with Crippen molar-refractivity contribution in [3.63, 3.8) is 0 Å². The molecule has 3 aliphatic rings. The highest BCUT2D eigenvalue weighted by Crippen LogP contribution is 2.26. The van der Waals surface area contributed by atoms with Crippen molar-refractivity contribution in [3.8, 4) is 0 Å².